The molecule has 108 valence electrons. The second kappa shape index (κ2) is 6.01. The molecule has 21 heavy (non-hydrogen) atoms. The van der Waals surface area contributed by atoms with E-state index in [4.69, 9.17) is 13.9 Å². The molecule has 0 unspecified atom stereocenters. The molecule has 1 aromatic heterocycles. The summed E-state index contributed by atoms with van der Waals surface area (Å²) in [4.78, 5) is 11.8. The van der Waals surface area contributed by atoms with Gasteiger partial charge >= 0.3 is 0 Å². The average Bonchev–Trinajstić information content (AvgIpc) is 3.07. The van der Waals surface area contributed by atoms with Gasteiger partial charge in [-0.3, -0.25) is 4.79 Å². The van der Waals surface area contributed by atoms with Gasteiger partial charge in [-0.05, 0) is 45.8 Å². The van der Waals surface area contributed by atoms with Gasteiger partial charge in [0.15, 0.2) is 16.2 Å². The van der Waals surface area contributed by atoms with Crippen molar-refractivity contribution in [2.24, 2.45) is 5.10 Å². The van der Waals surface area contributed by atoms with E-state index in [0.29, 0.717) is 21.9 Å². The molecule has 1 aromatic carbocycles. The summed E-state index contributed by atoms with van der Waals surface area (Å²) in [6, 6.07) is 8.87. The number of furan rings is 1. The van der Waals surface area contributed by atoms with E-state index in [9.17, 15) is 4.79 Å². The highest BCUT2D eigenvalue weighted by Crippen LogP contribution is 2.32. The fourth-order valence-electron chi connectivity index (χ4n) is 1.84. The topological polar surface area (TPSA) is 73.1 Å². The Balaban J connectivity index is 1.55. The highest BCUT2D eigenvalue weighted by atomic mass is 79.9. The van der Waals surface area contributed by atoms with Crippen LogP contribution in [0.3, 0.4) is 0 Å². The predicted molar refractivity (Wildman–Crippen MR) is 78.4 cm³/mol. The zero-order valence-corrected chi connectivity index (χ0v) is 12.4. The highest BCUT2D eigenvalue weighted by Gasteiger charge is 2.14. The molecule has 1 N–H and O–H groups in total. The van der Waals surface area contributed by atoms with E-state index < -0.39 is 0 Å². The van der Waals surface area contributed by atoms with Gasteiger partial charge in [0.1, 0.15) is 5.76 Å². The number of carbonyl (C=O) groups excluding carboxylic acids is 1. The van der Waals surface area contributed by atoms with Crippen molar-refractivity contribution in [2.45, 2.75) is 6.42 Å². The summed E-state index contributed by atoms with van der Waals surface area (Å²) in [5.41, 5.74) is 3.27. The SMILES string of the molecule is O=C(Cc1ccc2c(c1)OCO2)N/N=C\c1ccc(Br)o1. The number of rotatable bonds is 4. The number of halogens is 1. The molecule has 0 atom stereocenters. The summed E-state index contributed by atoms with van der Waals surface area (Å²) >= 11 is 3.18. The van der Waals surface area contributed by atoms with Crippen LogP contribution < -0.4 is 14.9 Å². The van der Waals surface area contributed by atoms with Gasteiger partial charge in [0.2, 0.25) is 12.7 Å². The monoisotopic (exact) mass is 350 g/mol. The lowest BCUT2D eigenvalue weighted by Crippen LogP contribution is -2.19. The number of amides is 1. The number of benzene rings is 1. The van der Waals surface area contributed by atoms with E-state index in [0.717, 1.165) is 5.56 Å². The van der Waals surface area contributed by atoms with Gasteiger partial charge in [0.05, 0.1) is 12.6 Å². The number of nitrogens with zero attached hydrogens (tertiary/aromatic N) is 1. The zero-order valence-electron chi connectivity index (χ0n) is 10.8. The van der Waals surface area contributed by atoms with E-state index in [1.165, 1.54) is 6.21 Å². The van der Waals surface area contributed by atoms with Gasteiger partial charge in [-0.1, -0.05) is 6.07 Å². The lowest BCUT2D eigenvalue weighted by Gasteiger charge is -2.02. The van der Waals surface area contributed by atoms with Crippen LogP contribution in [0.25, 0.3) is 0 Å². The number of hydrogen-bond donors (Lipinski definition) is 1. The summed E-state index contributed by atoms with van der Waals surface area (Å²) in [6.07, 6.45) is 1.64. The fourth-order valence-corrected chi connectivity index (χ4v) is 2.16. The van der Waals surface area contributed by atoms with Crippen molar-refractivity contribution in [3.05, 3.63) is 46.3 Å². The lowest BCUT2D eigenvalue weighted by molar-refractivity contribution is -0.120. The zero-order chi connectivity index (χ0) is 14.7. The molecular weight excluding hydrogens is 340 g/mol. The van der Waals surface area contributed by atoms with Crippen LogP contribution >= 0.6 is 15.9 Å². The fraction of sp³-hybridized carbons (Fsp3) is 0.143. The Bertz CT molecular complexity index is 696. The number of fused-ring (bicyclic) bond motifs is 1. The van der Waals surface area contributed by atoms with Crippen molar-refractivity contribution in [3.8, 4) is 11.5 Å². The van der Waals surface area contributed by atoms with E-state index in [1.807, 2.05) is 6.07 Å². The number of hydrogen-bond acceptors (Lipinski definition) is 5. The number of ether oxygens (including phenoxy) is 2. The Kier molecular flexibility index (Phi) is 3.92. The minimum atomic E-state index is -0.226. The summed E-state index contributed by atoms with van der Waals surface area (Å²) in [5.74, 6) is 1.67. The van der Waals surface area contributed by atoms with E-state index >= 15 is 0 Å². The normalized spacial score (nSPS) is 12.8. The van der Waals surface area contributed by atoms with Crippen LogP contribution in [0.4, 0.5) is 0 Å². The quantitative estimate of drug-likeness (QED) is 0.679. The van der Waals surface area contributed by atoms with Crippen molar-refractivity contribution in [1.29, 1.82) is 0 Å². The second-order valence-corrected chi connectivity index (χ2v) is 5.08. The van der Waals surface area contributed by atoms with Gasteiger partial charge in [-0.25, -0.2) is 5.43 Å². The first-order valence-corrected chi connectivity index (χ1v) is 6.96. The molecule has 6 nitrogen and oxygen atoms in total. The van der Waals surface area contributed by atoms with E-state index in [1.54, 1.807) is 24.3 Å². The van der Waals surface area contributed by atoms with E-state index in [2.05, 4.69) is 26.5 Å². The predicted octanol–water partition coefficient (Wildman–Crippen LogP) is 2.46. The minimum Gasteiger partial charge on any atom is -0.454 e. The third-order valence-corrected chi connectivity index (χ3v) is 3.20. The molecule has 0 fully saturated rings. The Labute approximate surface area is 128 Å². The largest absolute Gasteiger partial charge is 0.454 e. The molecule has 0 bridgehead atoms. The molecule has 7 heteroatoms. The number of carbonyl (C=O) groups is 1. The molecule has 2 heterocycles. The number of hydrazone groups is 1. The number of nitrogens with one attached hydrogen (secondary N) is 1. The molecule has 2 aromatic rings. The van der Waals surface area contributed by atoms with Crippen LogP contribution in [0.2, 0.25) is 0 Å². The molecule has 0 radical (unpaired) electrons. The molecule has 0 aliphatic carbocycles. The van der Waals surface area contributed by atoms with Gasteiger partial charge in [0, 0.05) is 0 Å². The van der Waals surface area contributed by atoms with Crippen LogP contribution in [0.5, 0.6) is 11.5 Å². The van der Waals surface area contributed by atoms with Crippen molar-refractivity contribution >= 4 is 28.1 Å². The van der Waals surface area contributed by atoms with Gasteiger partial charge in [0.25, 0.3) is 0 Å². The summed E-state index contributed by atoms with van der Waals surface area (Å²) in [5, 5.41) is 3.83. The van der Waals surface area contributed by atoms with Crippen LogP contribution in [0.15, 0.2) is 44.5 Å². The molecule has 1 amide bonds. The van der Waals surface area contributed by atoms with Crippen LogP contribution in [0.1, 0.15) is 11.3 Å². The third kappa shape index (κ3) is 3.43. The van der Waals surface area contributed by atoms with Gasteiger partial charge in [-0.15, -0.1) is 0 Å². The standard InChI is InChI=1S/C14H11BrN2O4/c15-13-4-2-10(21-13)7-16-17-14(18)6-9-1-3-11-12(5-9)20-8-19-11/h1-5,7H,6,8H2,(H,17,18)/b16-7-. The molecule has 1 aliphatic rings. The first-order valence-electron chi connectivity index (χ1n) is 6.16. The Hall–Kier alpha value is -2.28. The second-order valence-electron chi connectivity index (χ2n) is 4.30. The van der Waals surface area contributed by atoms with Crippen molar-refractivity contribution in [2.75, 3.05) is 6.79 Å². The maximum absolute atomic E-state index is 11.8. The maximum Gasteiger partial charge on any atom is 0.244 e. The van der Waals surface area contributed by atoms with Crippen molar-refractivity contribution in [3.63, 3.8) is 0 Å². The van der Waals surface area contributed by atoms with Gasteiger partial charge < -0.3 is 13.9 Å². The first kappa shape index (κ1) is 13.7. The molecule has 0 spiro atoms. The summed E-state index contributed by atoms with van der Waals surface area (Å²) < 4.78 is 16.3. The molecule has 1 aliphatic heterocycles. The smallest absolute Gasteiger partial charge is 0.244 e. The Morgan fingerprint density at radius 3 is 2.95 bits per heavy atom. The molecule has 3 rings (SSSR count). The first-order chi connectivity index (χ1) is 10.2. The maximum atomic E-state index is 11.8. The highest BCUT2D eigenvalue weighted by molar-refractivity contribution is 9.10. The van der Waals surface area contributed by atoms with Gasteiger partial charge in [-0.2, -0.15) is 5.10 Å². The Morgan fingerprint density at radius 2 is 2.14 bits per heavy atom. The average molecular weight is 351 g/mol. The lowest BCUT2D eigenvalue weighted by atomic mass is 10.1. The van der Waals surface area contributed by atoms with Crippen molar-refractivity contribution < 1.29 is 18.7 Å². The van der Waals surface area contributed by atoms with E-state index in [-0.39, 0.29) is 19.1 Å². The molecular formula is C14H11BrN2O4. The molecule has 0 saturated carbocycles. The van der Waals surface area contributed by atoms with Crippen LogP contribution in [0, 0.1) is 0 Å². The minimum absolute atomic E-state index is 0.204. The Morgan fingerprint density at radius 1 is 1.29 bits per heavy atom. The van der Waals surface area contributed by atoms with Crippen molar-refractivity contribution in [1.82, 2.24) is 5.43 Å². The summed E-state index contributed by atoms with van der Waals surface area (Å²) in [6.45, 7) is 0.216. The van der Waals surface area contributed by atoms with Crippen LogP contribution in [-0.2, 0) is 11.2 Å². The van der Waals surface area contributed by atoms with Crippen LogP contribution in [-0.4, -0.2) is 18.9 Å². The summed E-state index contributed by atoms with van der Waals surface area (Å²) in [7, 11) is 0. The third-order valence-electron chi connectivity index (χ3n) is 2.78. The molecule has 0 saturated heterocycles.